The van der Waals surface area contributed by atoms with Crippen molar-refractivity contribution in [1.82, 2.24) is 0 Å². The zero-order valence-corrected chi connectivity index (χ0v) is 12.1. The normalized spacial score (nSPS) is 19.3. The molecule has 3 rings (SSSR count). The van der Waals surface area contributed by atoms with Crippen LogP contribution in [-0.4, -0.2) is 17.3 Å². The third-order valence-corrected chi connectivity index (χ3v) is 4.85. The fourth-order valence-electron chi connectivity index (χ4n) is 2.22. The molecule has 0 saturated heterocycles. The van der Waals surface area contributed by atoms with Crippen LogP contribution in [-0.2, 0) is 12.8 Å². The first-order chi connectivity index (χ1) is 8.72. The van der Waals surface area contributed by atoms with Crippen molar-refractivity contribution in [3.05, 3.63) is 50.6 Å². The van der Waals surface area contributed by atoms with Gasteiger partial charge in [0.1, 0.15) is 11.9 Å². The van der Waals surface area contributed by atoms with E-state index in [1.165, 1.54) is 10.4 Å². The van der Waals surface area contributed by atoms with Crippen LogP contribution in [0.1, 0.15) is 10.4 Å². The molecule has 0 amide bonds. The van der Waals surface area contributed by atoms with Crippen LogP contribution in [0, 0.1) is 0 Å². The molecule has 1 aliphatic rings. The van der Waals surface area contributed by atoms with Crippen LogP contribution in [0.15, 0.2) is 40.2 Å². The van der Waals surface area contributed by atoms with Gasteiger partial charge in [-0.3, -0.25) is 0 Å². The Balaban J connectivity index is 1.67. The van der Waals surface area contributed by atoms with Crippen molar-refractivity contribution < 1.29 is 9.84 Å². The standard InChI is InChI=1S/C14H13BrO2S/c15-10-6-11(18-8-10)7-12(16)14-5-9-3-1-2-4-13(9)17-14/h1-4,6,8,12,14,16H,5,7H2. The highest BCUT2D eigenvalue weighted by molar-refractivity contribution is 9.10. The van der Waals surface area contributed by atoms with E-state index in [9.17, 15) is 5.11 Å². The molecule has 18 heavy (non-hydrogen) atoms. The third kappa shape index (κ3) is 2.46. The second-order valence-electron chi connectivity index (χ2n) is 4.47. The minimum absolute atomic E-state index is 0.122. The lowest BCUT2D eigenvalue weighted by Gasteiger charge is -2.17. The molecule has 0 fully saturated rings. The van der Waals surface area contributed by atoms with E-state index in [-0.39, 0.29) is 6.10 Å². The Kier molecular flexibility index (Phi) is 3.41. The minimum Gasteiger partial charge on any atom is -0.487 e. The van der Waals surface area contributed by atoms with E-state index in [1.807, 2.05) is 23.6 Å². The lowest BCUT2D eigenvalue weighted by Crippen LogP contribution is -2.31. The second-order valence-corrected chi connectivity index (χ2v) is 6.38. The Hall–Kier alpha value is -0.840. The molecule has 1 aromatic heterocycles. The summed E-state index contributed by atoms with van der Waals surface area (Å²) in [5.74, 6) is 0.911. The number of para-hydroxylation sites is 1. The van der Waals surface area contributed by atoms with Crippen LogP contribution in [0.2, 0.25) is 0 Å². The minimum atomic E-state index is -0.456. The van der Waals surface area contributed by atoms with E-state index in [2.05, 4.69) is 28.1 Å². The van der Waals surface area contributed by atoms with Crippen LogP contribution < -0.4 is 4.74 Å². The quantitative estimate of drug-likeness (QED) is 0.937. The molecule has 0 radical (unpaired) electrons. The van der Waals surface area contributed by atoms with Crippen molar-refractivity contribution in [2.45, 2.75) is 25.0 Å². The first-order valence-corrected chi connectivity index (χ1v) is 7.55. The van der Waals surface area contributed by atoms with Gasteiger partial charge in [0, 0.05) is 27.6 Å². The molecule has 0 saturated carbocycles. The van der Waals surface area contributed by atoms with E-state index >= 15 is 0 Å². The summed E-state index contributed by atoms with van der Waals surface area (Å²) < 4.78 is 6.87. The fraction of sp³-hybridized carbons (Fsp3) is 0.286. The van der Waals surface area contributed by atoms with Gasteiger partial charge in [-0.1, -0.05) is 18.2 Å². The summed E-state index contributed by atoms with van der Waals surface area (Å²) >= 11 is 5.08. The molecule has 0 spiro atoms. The van der Waals surface area contributed by atoms with Gasteiger partial charge in [0.2, 0.25) is 0 Å². The Bertz CT molecular complexity index is 527. The Labute approximate surface area is 118 Å². The van der Waals surface area contributed by atoms with Gasteiger partial charge in [0.05, 0.1) is 6.10 Å². The summed E-state index contributed by atoms with van der Waals surface area (Å²) in [5, 5.41) is 12.3. The first kappa shape index (κ1) is 12.2. The fourth-order valence-corrected chi connectivity index (χ4v) is 3.72. The van der Waals surface area contributed by atoms with Crippen molar-refractivity contribution in [2.75, 3.05) is 0 Å². The molecule has 2 heterocycles. The molecular weight excluding hydrogens is 312 g/mol. The number of rotatable bonds is 3. The molecule has 2 atom stereocenters. The smallest absolute Gasteiger partial charge is 0.129 e. The van der Waals surface area contributed by atoms with Gasteiger partial charge >= 0.3 is 0 Å². The first-order valence-electron chi connectivity index (χ1n) is 5.88. The maximum atomic E-state index is 10.3. The van der Waals surface area contributed by atoms with Gasteiger partial charge < -0.3 is 9.84 Å². The summed E-state index contributed by atoms with van der Waals surface area (Å²) in [7, 11) is 0. The molecule has 0 aliphatic carbocycles. The SMILES string of the molecule is OC(Cc1cc(Br)cs1)C1Cc2ccccc2O1. The van der Waals surface area contributed by atoms with Crippen LogP contribution in [0.3, 0.4) is 0 Å². The number of ether oxygens (including phenoxy) is 1. The maximum absolute atomic E-state index is 10.3. The number of thiophene rings is 1. The number of aliphatic hydroxyl groups is 1. The van der Waals surface area contributed by atoms with Crippen LogP contribution in [0.5, 0.6) is 5.75 Å². The van der Waals surface area contributed by atoms with Gasteiger partial charge in [-0.25, -0.2) is 0 Å². The van der Waals surface area contributed by atoms with Crippen molar-refractivity contribution in [3.8, 4) is 5.75 Å². The number of fused-ring (bicyclic) bond motifs is 1. The van der Waals surface area contributed by atoms with Crippen molar-refractivity contribution in [3.63, 3.8) is 0 Å². The molecule has 4 heteroatoms. The summed E-state index contributed by atoms with van der Waals surface area (Å²) in [4.78, 5) is 1.17. The summed E-state index contributed by atoms with van der Waals surface area (Å²) in [6.07, 6.45) is 0.866. The Morgan fingerprint density at radius 1 is 1.44 bits per heavy atom. The highest BCUT2D eigenvalue weighted by Crippen LogP contribution is 2.31. The van der Waals surface area contributed by atoms with Crippen LogP contribution >= 0.6 is 27.3 Å². The number of benzene rings is 1. The molecule has 2 unspecified atom stereocenters. The van der Waals surface area contributed by atoms with Gasteiger partial charge in [-0.2, -0.15) is 0 Å². The van der Waals surface area contributed by atoms with Gasteiger partial charge in [0.25, 0.3) is 0 Å². The summed E-state index contributed by atoms with van der Waals surface area (Å²) in [5.41, 5.74) is 1.19. The average Bonchev–Trinajstić information content (AvgIpc) is 2.95. The topological polar surface area (TPSA) is 29.5 Å². The molecule has 1 aromatic carbocycles. The monoisotopic (exact) mass is 324 g/mol. The van der Waals surface area contributed by atoms with E-state index in [1.54, 1.807) is 11.3 Å². The van der Waals surface area contributed by atoms with Crippen LogP contribution in [0.4, 0.5) is 0 Å². The van der Waals surface area contributed by atoms with E-state index in [0.717, 1.165) is 16.6 Å². The number of hydrogen-bond donors (Lipinski definition) is 1. The van der Waals surface area contributed by atoms with E-state index in [4.69, 9.17) is 4.74 Å². The molecular formula is C14H13BrO2S. The molecule has 1 N–H and O–H groups in total. The molecule has 0 bridgehead atoms. The average molecular weight is 325 g/mol. The summed E-state index contributed by atoms with van der Waals surface area (Å²) in [6.45, 7) is 0. The van der Waals surface area contributed by atoms with Gasteiger partial charge in [-0.15, -0.1) is 11.3 Å². The molecule has 1 aliphatic heterocycles. The van der Waals surface area contributed by atoms with Crippen molar-refractivity contribution >= 4 is 27.3 Å². The highest BCUT2D eigenvalue weighted by Gasteiger charge is 2.29. The van der Waals surface area contributed by atoms with Crippen LogP contribution in [0.25, 0.3) is 0 Å². The molecule has 2 nitrogen and oxygen atoms in total. The summed E-state index contributed by atoms with van der Waals surface area (Å²) in [6, 6.07) is 10.0. The molecule has 2 aromatic rings. The predicted octanol–water partition coefficient (Wildman–Crippen LogP) is 3.42. The van der Waals surface area contributed by atoms with E-state index < -0.39 is 6.10 Å². The van der Waals surface area contributed by atoms with E-state index in [0.29, 0.717) is 6.42 Å². The zero-order chi connectivity index (χ0) is 12.5. The predicted molar refractivity (Wildman–Crippen MR) is 76.3 cm³/mol. The maximum Gasteiger partial charge on any atom is 0.129 e. The van der Waals surface area contributed by atoms with Crippen molar-refractivity contribution in [1.29, 1.82) is 0 Å². The molecule has 94 valence electrons. The second kappa shape index (κ2) is 5.03. The Morgan fingerprint density at radius 3 is 3.00 bits per heavy atom. The number of hydrogen-bond acceptors (Lipinski definition) is 3. The van der Waals surface area contributed by atoms with Crippen molar-refractivity contribution in [2.24, 2.45) is 0 Å². The number of aliphatic hydroxyl groups excluding tert-OH is 1. The lowest BCUT2D eigenvalue weighted by atomic mass is 10.0. The largest absolute Gasteiger partial charge is 0.487 e. The number of halogens is 1. The lowest BCUT2D eigenvalue weighted by molar-refractivity contribution is 0.0508. The van der Waals surface area contributed by atoms with Gasteiger partial charge in [0.15, 0.2) is 0 Å². The highest BCUT2D eigenvalue weighted by atomic mass is 79.9. The zero-order valence-electron chi connectivity index (χ0n) is 9.67. The third-order valence-electron chi connectivity index (χ3n) is 3.13. The van der Waals surface area contributed by atoms with Gasteiger partial charge in [-0.05, 0) is 33.6 Å². The Morgan fingerprint density at radius 2 is 2.28 bits per heavy atom.